The van der Waals surface area contributed by atoms with Gasteiger partial charge in [-0.15, -0.1) is 0 Å². The summed E-state index contributed by atoms with van der Waals surface area (Å²) in [6.45, 7) is 0. The van der Waals surface area contributed by atoms with Crippen molar-refractivity contribution in [2.45, 2.75) is 32.1 Å². The molecule has 1 aliphatic carbocycles. The Labute approximate surface area is 158 Å². The van der Waals surface area contributed by atoms with Gasteiger partial charge in [0, 0.05) is 6.08 Å². The molecule has 1 aliphatic rings. The zero-order valence-electron chi connectivity index (χ0n) is 14.4. The maximum absolute atomic E-state index is 10.7. The number of aromatic hydroxyl groups is 1. The Hall–Kier alpha value is -2.52. The van der Waals surface area contributed by atoms with E-state index in [-0.39, 0.29) is 5.75 Å². The summed E-state index contributed by atoms with van der Waals surface area (Å²) in [5.74, 6) is -0.879. The highest BCUT2D eigenvalue weighted by Crippen LogP contribution is 2.37. The van der Waals surface area contributed by atoms with Crippen molar-refractivity contribution in [3.05, 3.63) is 75.8 Å². The Bertz CT molecular complexity index is 855. The molecule has 0 spiro atoms. The minimum atomic E-state index is -0.960. The minimum absolute atomic E-state index is 0.0811. The lowest BCUT2D eigenvalue weighted by Gasteiger charge is -2.21. The van der Waals surface area contributed by atoms with Crippen LogP contribution in [-0.2, 0) is 4.79 Å². The molecule has 0 amide bonds. The quantitative estimate of drug-likeness (QED) is 0.659. The van der Waals surface area contributed by atoms with E-state index in [1.807, 2.05) is 36.4 Å². The third-order valence-corrected chi connectivity index (χ3v) is 4.97. The molecule has 0 unspecified atom stereocenters. The third-order valence-electron chi connectivity index (χ3n) is 4.66. The molecule has 4 heteroatoms. The van der Waals surface area contributed by atoms with Gasteiger partial charge in [-0.3, -0.25) is 0 Å². The second-order valence-corrected chi connectivity index (χ2v) is 6.91. The highest BCUT2D eigenvalue weighted by molar-refractivity contribution is 6.32. The van der Waals surface area contributed by atoms with Crippen molar-refractivity contribution in [3.8, 4) is 5.75 Å². The van der Waals surface area contributed by atoms with Crippen LogP contribution in [-0.4, -0.2) is 16.2 Å². The molecule has 1 fully saturated rings. The van der Waals surface area contributed by atoms with Gasteiger partial charge in [0.2, 0.25) is 0 Å². The molecule has 0 saturated heterocycles. The number of aliphatic carboxylic acids is 1. The largest absolute Gasteiger partial charge is 0.506 e. The Morgan fingerprint density at radius 3 is 2.23 bits per heavy atom. The van der Waals surface area contributed by atoms with Crippen LogP contribution in [0.1, 0.15) is 48.8 Å². The molecule has 2 aromatic carbocycles. The number of carbonyl (C=O) groups is 1. The topological polar surface area (TPSA) is 57.5 Å². The van der Waals surface area contributed by atoms with Gasteiger partial charge < -0.3 is 10.2 Å². The lowest BCUT2D eigenvalue weighted by Crippen LogP contribution is -2.00. The minimum Gasteiger partial charge on any atom is -0.506 e. The molecular formula is C22H21ClO3. The van der Waals surface area contributed by atoms with Crippen LogP contribution in [0.3, 0.4) is 0 Å². The smallest absolute Gasteiger partial charge is 0.328 e. The van der Waals surface area contributed by atoms with Crippen LogP contribution in [0.2, 0.25) is 5.02 Å². The highest BCUT2D eigenvalue weighted by atomic mass is 35.5. The number of carboxylic acids is 1. The SMILES string of the molecule is O=C(O)C=Cc1ccc(C(=C2CCCCC2)c2ccc(O)c(Cl)c2)cc1. The second kappa shape index (κ2) is 8.24. The van der Waals surface area contributed by atoms with Crippen LogP contribution in [0.25, 0.3) is 11.6 Å². The highest BCUT2D eigenvalue weighted by Gasteiger charge is 2.16. The maximum atomic E-state index is 10.7. The Kier molecular flexibility index (Phi) is 5.79. The Morgan fingerprint density at radius 2 is 1.62 bits per heavy atom. The molecule has 3 nitrogen and oxygen atoms in total. The first-order valence-corrected chi connectivity index (χ1v) is 9.15. The number of phenols is 1. The first-order chi connectivity index (χ1) is 12.5. The van der Waals surface area contributed by atoms with E-state index in [0.29, 0.717) is 5.02 Å². The molecule has 0 radical (unpaired) electrons. The number of allylic oxidation sites excluding steroid dienone is 1. The lowest BCUT2D eigenvalue weighted by molar-refractivity contribution is -0.131. The van der Waals surface area contributed by atoms with Crippen molar-refractivity contribution in [2.24, 2.45) is 0 Å². The van der Waals surface area contributed by atoms with Crippen molar-refractivity contribution in [1.82, 2.24) is 0 Å². The molecule has 0 aromatic heterocycles. The van der Waals surface area contributed by atoms with Crippen LogP contribution in [0.15, 0.2) is 54.1 Å². The predicted octanol–water partition coefficient (Wildman–Crippen LogP) is 5.91. The fraction of sp³-hybridized carbons (Fsp3) is 0.227. The summed E-state index contributed by atoms with van der Waals surface area (Å²) >= 11 is 6.14. The van der Waals surface area contributed by atoms with Crippen molar-refractivity contribution in [2.75, 3.05) is 0 Å². The molecule has 2 N–H and O–H groups in total. The summed E-state index contributed by atoms with van der Waals surface area (Å²) in [4.78, 5) is 10.7. The molecule has 2 aromatic rings. The molecule has 0 aliphatic heterocycles. The average molecular weight is 369 g/mol. The summed E-state index contributed by atoms with van der Waals surface area (Å²) in [5.41, 5.74) is 5.50. The third kappa shape index (κ3) is 4.36. The van der Waals surface area contributed by atoms with Gasteiger partial charge in [0.1, 0.15) is 5.75 Å². The van der Waals surface area contributed by atoms with E-state index in [1.54, 1.807) is 12.1 Å². The van der Waals surface area contributed by atoms with Crippen LogP contribution >= 0.6 is 11.6 Å². The van der Waals surface area contributed by atoms with Crippen LogP contribution < -0.4 is 0 Å². The van der Waals surface area contributed by atoms with Crippen LogP contribution in [0.5, 0.6) is 5.75 Å². The number of benzene rings is 2. The Morgan fingerprint density at radius 1 is 0.962 bits per heavy atom. The maximum Gasteiger partial charge on any atom is 0.328 e. The molecule has 0 bridgehead atoms. The zero-order valence-corrected chi connectivity index (χ0v) is 15.2. The van der Waals surface area contributed by atoms with E-state index >= 15 is 0 Å². The number of carboxylic acid groups (broad SMARTS) is 1. The summed E-state index contributed by atoms with van der Waals surface area (Å²) in [6, 6.07) is 13.2. The van der Waals surface area contributed by atoms with Crippen molar-refractivity contribution < 1.29 is 15.0 Å². The monoisotopic (exact) mass is 368 g/mol. The van der Waals surface area contributed by atoms with Crippen molar-refractivity contribution >= 4 is 29.2 Å². The fourth-order valence-electron chi connectivity index (χ4n) is 3.39. The molecule has 26 heavy (non-hydrogen) atoms. The number of hydrogen-bond acceptors (Lipinski definition) is 2. The summed E-state index contributed by atoms with van der Waals surface area (Å²) < 4.78 is 0. The van der Waals surface area contributed by atoms with Crippen molar-refractivity contribution in [3.63, 3.8) is 0 Å². The first-order valence-electron chi connectivity index (χ1n) is 8.77. The predicted molar refractivity (Wildman–Crippen MR) is 105 cm³/mol. The van der Waals surface area contributed by atoms with Gasteiger partial charge in [0.05, 0.1) is 5.02 Å². The number of rotatable bonds is 4. The van der Waals surface area contributed by atoms with Gasteiger partial charge in [0.15, 0.2) is 0 Å². The van der Waals surface area contributed by atoms with E-state index in [1.165, 1.54) is 30.4 Å². The molecule has 134 valence electrons. The average Bonchev–Trinajstić information content (AvgIpc) is 2.65. The van der Waals surface area contributed by atoms with Gasteiger partial charge in [-0.05, 0) is 66.2 Å². The fourth-order valence-corrected chi connectivity index (χ4v) is 3.57. The van der Waals surface area contributed by atoms with Gasteiger partial charge in [-0.25, -0.2) is 4.79 Å². The van der Waals surface area contributed by atoms with E-state index < -0.39 is 5.97 Å². The van der Waals surface area contributed by atoms with E-state index in [2.05, 4.69) is 0 Å². The zero-order chi connectivity index (χ0) is 18.5. The molecule has 1 saturated carbocycles. The summed E-state index contributed by atoms with van der Waals surface area (Å²) in [6.07, 6.45) is 8.47. The summed E-state index contributed by atoms with van der Waals surface area (Å²) in [5, 5.41) is 18.8. The van der Waals surface area contributed by atoms with Crippen LogP contribution in [0, 0.1) is 0 Å². The van der Waals surface area contributed by atoms with E-state index in [4.69, 9.17) is 16.7 Å². The number of hydrogen-bond donors (Lipinski definition) is 2. The molecular weight excluding hydrogens is 348 g/mol. The van der Waals surface area contributed by atoms with E-state index in [0.717, 1.165) is 35.6 Å². The van der Waals surface area contributed by atoms with Gasteiger partial charge in [-0.1, -0.05) is 53.9 Å². The van der Waals surface area contributed by atoms with E-state index in [9.17, 15) is 9.90 Å². The summed E-state index contributed by atoms with van der Waals surface area (Å²) in [7, 11) is 0. The molecule has 0 heterocycles. The Balaban J connectivity index is 2.03. The van der Waals surface area contributed by atoms with Gasteiger partial charge >= 0.3 is 5.97 Å². The van der Waals surface area contributed by atoms with Crippen molar-refractivity contribution in [1.29, 1.82) is 0 Å². The first kappa shape index (κ1) is 18.3. The second-order valence-electron chi connectivity index (χ2n) is 6.50. The number of phenolic OH excluding ortho intramolecular Hbond substituents is 1. The van der Waals surface area contributed by atoms with Crippen LogP contribution in [0.4, 0.5) is 0 Å². The molecule has 0 atom stereocenters. The molecule has 3 rings (SSSR count). The standard InChI is InChI=1S/C22H21ClO3/c23-19-14-18(11-12-20(19)24)22(16-4-2-1-3-5-16)17-9-6-15(7-10-17)8-13-21(25)26/h6-14,24H,1-5H2,(H,25,26). The number of halogens is 1. The van der Waals surface area contributed by atoms with Gasteiger partial charge in [0.25, 0.3) is 0 Å². The van der Waals surface area contributed by atoms with Gasteiger partial charge in [-0.2, -0.15) is 0 Å². The normalized spacial score (nSPS) is 14.6. The lowest BCUT2D eigenvalue weighted by atomic mass is 9.85.